The quantitative estimate of drug-likeness (QED) is 0.504. The lowest BCUT2D eigenvalue weighted by Crippen LogP contribution is -2.59. The van der Waals surface area contributed by atoms with Crippen LogP contribution < -0.4 is 5.32 Å². The summed E-state index contributed by atoms with van der Waals surface area (Å²) >= 11 is 0. The first-order chi connectivity index (χ1) is 13.5. The van der Waals surface area contributed by atoms with Gasteiger partial charge in [0.25, 0.3) is 0 Å². The van der Waals surface area contributed by atoms with Crippen molar-refractivity contribution in [3.05, 3.63) is 12.2 Å². The number of carbonyl (C=O) groups excluding carboxylic acids is 2. The number of piperidine rings is 1. The van der Waals surface area contributed by atoms with Gasteiger partial charge < -0.3 is 15.3 Å². The molecule has 0 aliphatic carbocycles. The Kier molecular flexibility index (Phi) is 9.12. The van der Waals surface area contributed by atoms with Crippen molar-refractivity contribution in [2.45, 2.75) is 117 Å². The minimum absolute atomic E-state index is 0.0434. The number of ether oxygens (including phenoxy) is 1. The van der Waals surface area contributed by atoms with Crippen LogP contribution in [-0.2, 0) is 9.53 Å². The van der Waals surface area contributed by atoms with E-state index in [-0.39, 0.29) is 17.7 Å². The van der Waals surface area contributed by atoms with Crippen LogP contribution in [0.3, 0.4) is 0 Å². The molecule has 1 aliphatic rings. The molecule has 0 spiro atoms. The van der Waals surface area contributed by atoms with E-state index in [1.165, 1.54) is 5.06 Å². The van der Waals surface area contributed by atoms with Crippen molar-refractivity contribution in [1.29, 1.82) is 0 Å². The average Bonchev–Trinajstić information content (AvgIpc) is 2.53. The molecule has 1 atom stereocenters. The smallest absolute Gasteiger partial charge is 0.408 e. The van der Waals surface area contributed by atoms with Gasteiger partial charge in [-0.25, -0.2) is 4.79 Å². The zero-order valence-corrected chi connectivity index (χ0v) is 20.5. The molecule has 0 saturated carbocycles. The molecule has 6 heteroatoms. The van der Waals surface area contributed by atoms with E-state index in [4.69, 9.17) is 4.74 Å². The number of nitrogens with zero attached hydrogens (tertiary/aromatic N) is 1. The third-order valence-corrected chi connectivity index (χ3v) is 5.45. The highest BCUT2D eigenvalue weighted by molar-refractivity contribution is 5.81. The summed E-state index contributed by atoms with van der Waals surface area (Å²) in [5, 5.41) is 14.7. The fourth-order valence-electron chi connectivity index (χ4n) is 4.34. The molecule has 1 rings (SSSR count). The molecule has 6 nitrogen and oxygen atoms in total. The number of hydroxylamine groups is 2. The van der Waals surface area contributed by atoms with Crippen molar-refractivity contribution in [3.8, 4) is 0 Å². The van der Waals surface area contributed by atoms with E-state index in [0.29, 0.717) is 31.6 Å². The topological polar surface area (TPSA) is 78.9 Å². The monoisotopic (exact) mass is 424 g/mol. The minimum Gasteiger partial charge on any atom is -0.444 e. The number of hydrogen-bond acceptors (Lipinski definition) is 5. The summed E-state index contributed by atoms with van der Waals surface area (Å²) in [6, 6.07) is -0.120. The Hall–Kier alpha value is -1.40. The second-order valence-corrected chi connectivity index (χ2v) is 11.4. The maximum absolute atomic E-state index is 12.8. The first kappa shape index (κ1) is 26.6. The minimum atomic E-state index is -0.533. The zero-order valence-electron chi connectivity index (χ0n) is 20.5. The van der Waals surface area contributed by atoms with Gasteiger partial charge in [0.05, 0.1) is 6.04 Å². The predicted octanol–water partition coefficient (Wildman–Crippen LogP) is 5.49. The van der Waals surface area contributed by atoms with E-state index in [2.05, 4.69) is 19.2 Å². The summed E-state index contributed by atoms with van der Waals surface area (Å²) < 4.78 is 5.36. The molecule has 2 N–H and O–H groups in total. The molecule has 0 aromatic heterocycles. The second-order valence-electron chi connectivity index (χ2n) is 11.4. The number of nitrogens with one attached hydrogen (secondary N) is 1. The number of ketones is 1. The molecule has 0 radical (unpaired) electrons. The highest BCUT2D eigenvalue weighted by Gasteiger charge is 2.46. The molecule has 1 saturated heterocycles. The molecule has 0 aromatic rings. The van der Waals surface area contributed by atoms with Gasteiger partial charge in [-0.05, 0) is 80.1 Å². The lowest BCUT2D eigenvalue weighted by atomic mass is 9.73. The van der Waals surface area contributed by atoms with E-state index in [1.54, 1.807) is 0 Å². The number of rotatable bonds is 8. The van der Waals surface area contributed by atoms with E-state index in [1.807, 2.05) is 60.6 Å². The van der Waals surface area contributed by atoms with E-state index in [0.717, 1.165) is 6.42 Å². The van der Waals surface area contributed by atoms with Crippen LogP contribution in [0.1, 0.15) is 94.4 Å². The third kappa shape index (κ3) is 8.76. The molecule has 0 bridgehead atoms. The molecule has 0 unspecified atom stereocenters. The second kappa shape index (κ2) is 10.3. The van der Waals surface area contributed by atoms with Crippen LogP contribution in [-0.4, -0.2) is 44.9 Å². The van der Waals surface area contributed by atoms with Crippen molar-refractivity contribution in [2.24, 2.45) is 11.8 Å². The molecule has 174 valence electrons. The van der Waals surface area contributed by atoms with E-state index in [9.17, 15) is 14.8 Å². The van der Waals surface area contributed by atoms with Gasteiger partial charge in [0.2, 0.25) is 0 Å². The largest absolute Gasteiger partial charge is 0.444 e. The Morgan fingerprint density at radius 2 is 1.70 bits per heavy atom. The summed E-state index contributed by atoms with van der Waals surface area (Å²) in [5.41, 5.74) is -1.37. The van der Waals surface area contributed by atoms with Gasteiger partial charge in [-0.2, -0.15) is 5.06 Å². The van der Waals surface area contributed by atoms with E-state index < -0.39 is 22.8 Å². The Balaban J connectivity index is 2.63. The van der Waals surface area contributed by atoms with Crippen molar-refractivity contribution in [2.75, 3.05) is 0 Å². The molecule has 30 heavy (non-hydrogen) atoms. The first-order valence-corrected chi connectivity index (χ1v) is 11.2. The fourth-order valence-corrected chi connectivity index (χ4v) is 4.34. The Morgan fingerprint density at radius 1 is 1.17 bits per heavy atom. The van der Waals surface area contributed by atoms with Gasteiger partial charge in [0, 0.05) is 23.4 Å². The normalized spacial score (nSPS) is 21.0. The summed E-state index contributed by atoms with van der Waals surface area (Å²) in [6.07, 6.45) is 6.78. The fraction of sp³-hybridized carbons (Fsp3) is 0.833. The number of allylic oxidation sites excluding steroid dienone is 1. The molecule has 1 amide bonds. The lowest BCUT2D eigenvalue weighted by molar-refractivity contribution is -0.249. The van der Waals surface area contributed by atoms with Crippen LogP contribution in [0.15, 0.2) is 12.2 Å². The molecule has 1 heterocycles. The van der Waals surface area contributed by atoms with Crippen LogP contribution in [0.4, 0.5) is 4.79 Å². The van der Waals surface area contributed by atoms with Gasteiger partial charge in [-0.15, -0.1) is 0 Å². The van der Waals surface area contributed by atoms with Crippen LogP contribution in [0.2, 0.25) is 0 Å². The summed E-state index contributed by atoms with van der Waals surface area (Å²) in [5.74, 6) is 0.622. The van der Waals surface area contributed by atoms with Crippen molar-refractivity contribution >= 4 is 11.9 Å². The Morgan fingerprint density at radius 3 is 2.17 bits per heavy atom. The average molecular weight is 425 g/mol. The highest BCUT2D eigenvalue weighted by atomic mass is 16.6. The molecule has 1 fully saturated rings. The van der Waals surface area contributed by atoms with Crippen molar-refractivity contribution in [1.82, 2.24) is 10.4 Å². The predicted molar refractivity (Wildman–Crippen MR) is 121 cm³/mol. The maximum atomic E-state index is 12.8. The van der Waals surface area contributed by atoms with Gasteiger partial charge >= 0.3 is 6.09 Å². The number of hydrogen-bond donors (Lipinski definition) is 2. The van der Waals surface area contributed by atoms with E-state index >= 15 is 0 Å². The third-order valence-electron chi connectivity index (χ3n) is 5.45. The van der Waals surface area contributed by atoms with Gasteiger partial charge in [-0.3, -0.25) is 4.79 Å². The lowest BCUT2D eigenvalue weighted by Gasteiger charge is -2.51. The molecule has 0 aromatic carbocycles. The molecular weight excluding hydrogens is 380 g/mol. The van der Waals surface area contributed by atoms with Crippen LogP contribution in [0.25, 0.3) is 0 Å². The highest BCUT2D eigenvalue weighted by Crippen LogP contribution is 2.40. The van der Waals surface area contributed by atoms with Crippen LogP contribution in [0, 0.1) is 11.8 Å². The Labute approximate surface area is 183 Å². The SMILES string of the molecule is CC(C)C[C@@H](/C=C/CCC(=O)C1CC(C)(C)N(O)C(C)(C)C1)NC(=O)OC(C)(C)C. The number of carbonyl (C=O) groups is 2. The summed E-state index contributed by atoms with van der Waals surface area (Å²) in [7, 11) is 0. The maximum Gasteiger partial charge on any atom is 0.408 e. The summed E-state index contributed by atoms with van der Waals surface area (Å²) in [4.78, 5) is 24.9. The van der Waals surface area contributed by atoms with Crippen molar-refractivity contribution in [3.63, 3.8) is 0 Å². The zero-order chi connectivity index (χ0) is 23.3. The summed E-state index contributed by atoms with van der Waals surface area (Å²) in [6.45, 7) is 17.7. The van der Waals surface area contributed by atoms with Crippen LogP contribution in [0.5, 0.6) is 0 Å². The van der Waals surface area contributed by atoms with Gasteiger partial charge in [0.1, 0.15) is 11.4 Å². The standard InChI is InChI=1S/C24H44N2O4/c1-17(2)14-19(25-21(28)30-22(3,4)5)12-10-11-13-20(27)18-15-23(6,7)26(29)24(8,9)16-18/h10,12,17-19,29H,11,13-16H2,1-9H3,(H,25,28)/b12-10+/t19-/m1/s1. The Bertz CT molecular complexity index is 599. The number of alkyl carbamates (subject to hydrolysis) is 1. The number of Topliss-reactive ketones (excluding diaryl/α,β-unsaturated/α-hetero) is 1. The first-order valence-electron chi connectivity index (χ1n) is 11.2. The number of amides is 1. The molecule has 1 aliphatic heterocycles. The van der Waals surface area contributed by atoms with Crippen LogP contribution >= 0.6 is 0 Å². The van der Waals surface area contributed by atoms with Gasteiger partial charge in [-0.1, -0.05) is 26.0 Å². The molecular formula is C24H44N2O4. The van der Waals surface area contributed by atoms with Gasteiger partial charge in [0.15, 0.2) is 0 Å². The van der Waals surface area contributed by atoms with Crippen molar-refractivity contribution < 1.29 is 19.5 Å².